The smallest absolute Gasteiger partial charge is 0.273 e. The molecule has 6 heteroatoms. The molecule has 0 aromatic carbocycles. The highest BCUT2D eigenvalue weighted by atomic mass is 79.9. The van der Waals surface area contributed by atoms with E-state index in [2.05, 4.69) is 31.4 Å². The Bertz CT molecular complexity index is 612. The number of rotatable bonds is 4. The van der Waals surface area contributed by atoms with E-state index < -0.39 is 0 Å². The Morgan fingerprint density at radius 3 is 3.11 bits per heavy atom. The topological polar surface area (TPSA) is 62.7 Å². The van der Waals surface area contributed by atoms with Gasteiger partial charge in [0, 0.05) is 22.3 Å². The van der Waals surface area contributed by atoms with Crippen LogP contribution >= 0.6 is 15.9 Å². The van der Waals surface area contributed by atoms with Crippen molar-refractivity contribution in [2.24, 2.45) is 0 Å². The summed E-state index contributed by atoms with van der Waals surface area (Å²) < 4.78 is 2.98. The summed E-state index contributed by atoms with van der Waals surface area (Å²) in [5.41, 5.74) is 1.70. The number of carbonyl (C=O) groups is 1. The van der Waals surface area contributed by atoms with Crippen molar-refractivity contribution in [3.63, 3.8) is 0 Å². The molecule has 2 heterocycles. The molecule has 0 aliphatic heterocycles. The van der Waals surface area contributed by atoms with Crippen molar-refractivity contribution in [1.29, 1.82) is 0 Å². The molecule has 2 N–H and O–H groups in total. The van der Waals surface area contributed by atoms with Gasteiger partial charge in [-0.2, -0.15) is 5.10 Å². The van der Waals surface area contributed by atoms with E-state index in [0.29, 0.717) is 17.6 Å². The molecule has 1 fully saturated rings. The van der Waals surface area contributed by atoms with Crippen LogP contribution in [0.2, 0.25) is 0 Å². The van der Waals surface area contributed by atoms with Crippen molar-refractivity contribution in [2.45, 2.75) is 32.2 Å². The molecular weight excluding hydrogens is 308 g/mol. The predicted octanol–water partition coefficient (Wildman–Crippen LogP) is 3.12. The molecule has 3 rings (SSSR count). The quantitative estimate of drug-likeness (QED) is 0.908. The van der Waals surface area contributed by atoms with Crippen LogP contribution in [0.4, 0.5) is 5.82 Å². The molecule has 1 amide bonds. The Kier molecular flexibility index (Phi) is 3.18. The van der Waals surface area contributed by atoms with Crippen molar-refractivity contribution >= 4 is 27.7 Å². The zero-order valence-corrected chi connectivity index (χ0v) is 12.2. The summed E-state index contributed by atoms with van der Waals surface area (Å²) in [6, 6.07) is 2.33. The van der Waals surface area contributed by atoms with Crippen LogP contribution in [0.1, 0.15) is 41.9 Å². The molecule has 1 saturated carbocycles. The number of H-pyrrole nitrogens is 1. The van der Waals surface area contributed by atoms with Crippen LogP contribution in [0.15, 0.2) is 22.9 Å². The summed E-state index contributed by atoms with van der Waals surface area (Å²) >= 11 is 3.43. The highest BCUT2D eigenvalue weighted by Gasteiger charge is 2.28. The average Bonchev–Trinajstić information content (AvgIpc) is 3.02. The number of carbonyl (C=O) groups excluding carboxylic acids is 1. The second kappa shape index (κ2) is 4.85. The lowest BCUT2D eigenvalue weighted by molar-refractivity contribution is 0.101. The van der Waals surface area contributed by atoms with E-state index in [1.807, 2.05) is 23.8 Å². The third-order valence-electron chi connectivity index (χ3n) is 3.33. The van der Waals surface area contributed by atoms with Gasteiger partial charge in [0.15, 0.2) is 0 Å². The number of nitrogens with one attached hydrogen (secondary N) is 2. The summed E-state index contributed by atoms with van der Waals surface area (Å²) in [5, 5.41) is 9.68. The molecule has 0 radical (unpaired) electrons. The van der Waals surface area contributed by atoms with Crippen LogP contribution < -0.4 is 5.32 Å². The summed E-state index contributed by atoms with van der Waals surface area (Å²) in [4.78, 5) is 12.3. The first kappa shape index (κ1) is 12.5. The summed E-state index contributed by atoms with van der Waals surface area (Å²) in [7, 11) is 0. The molecule has 0 unspecified atom stereocenters. The minimum Gasteiger partial charge on any atom is -0.339 e. The van der Waals surface area contributed by atoms with E-state index in [-0.39, 0.29) is 5.91 Å². The molecule has 100 valence electrons. The normalized spacial score (nSPS) is 14.6. The zero-order chi connectivity index (χ0) is 13.4. The van der Waals surface area contributed by atoms with Crippen molar-refractivity contribution < 1.29 is 4.79 Å². The standard InChI is InChI=1S/C13H15BrN4O/c1-2-8-6-15-17-12(8)16-13(19)11-5-9(14)7-18(11)10-3-4-10/h5-7,10H,2-4H2,1H3,(H2,15,16,17,19). The van der Waals surface area contributed by atoms with Gasteiger partial charge in [-0.3, -0.25) is 9.89 Å². The van der Waals surface area contributed by atoms with E-state index >= 15 is 0 Å². The van der Waals surface area contributed by atoms with E-state index in [1.54, 1.807) is 6.20 Å². The molecule has 1 aliphatic rings. The second-order valence-corrected chi connectivity index (χ2v) is 5.68. The van der Waals surface area contributed by atoms with Gasteiger partial charge in [-0.1, -0.05) is 6.92 Å². The average molecular weight is 323 g/mol. The monoisotopic (exact) mass is 322 g/mol. The van der Waals surface area contributed by atoms with E-state index in [0.717, 1.165) is 29.3 Å². The van der Waals surface area contributed by atoms with Gasteiger partial charge in [0.05, 0.1) is 6.20 Å². The van der Waals surface area contributed by atoms with Gasteiger partial charge in [-0.25, -0.2) is 0 Å². The van der Waals surface area contributed by atoms with E-state index in [9.17, 15) is 4.79 Å². The Hall–Kier alpha value is -1.56. The van der Waals surface area contributed by atoms with Gasteiger partial charge in [-0.05, 0) is 41.3 Å². The van der Waals surface area contributed by atoms with Gasteiger partial charge in [0.1, 0.15) is 11.5 Å². The van der Waals surface area contributed by atoms with Gasteiger partial charge in [0.25, 0.3) is 5.91 Å². The Morgan fingerprint density at radius 1 is 1.63 bits per heavy atom. The number of nitrogens with zero attached hydrogens (tertiary/aromatic N) is 2. The first-order valence-corrected chi connectivity index (χ1v) is 7.19. The maximum absolute atomic E-state index is 12.3. The fraction of sp³-hybridized carbons (Fsp3) is 0.385. The lowest BCUT2D eigenvalue weighted by Gasteiger charge is -2.08. The second-order valence-electron chi connectivity index (χ2n) is 4.76. The summed E-state index contributed by atoms with van der Waals surface area (Å²) in [6.07, 6.45) is 6.84. The van der Waals surface area contributed by atoms with Crippen LogP contribution in [0.3, 0.4) is 0 Å². The number of aryl methyl sites for hydroxylation is 1. The van der Waals surface area contributed by atoms with Gasteiger partial charge >= 0.3 is 0 Å². The number of hydrogen-bond donors (Lipinski definition) is 2. The molecular formula is C13H15BrN4O. The number of halogens is 1. The number of aromatic nitrogens is 3. The lowest BCUT2D eigenvalue weighted by Crippen LogP contribution is -2.17. The van der Waals surface area contributed by atoms with Crippen LogP contribution in [-0.4, -0.2) is 20.7 Å². The predicted molar refractivity (Wildman–Crippen MR) is 76.3 cm³/mol. The third-order valence-corrected chi connectivity index (χ3v) is 3.76. The van der Waals surface area contributed by atoms with E-state index in [1.165, 1.54) is 0 Å². The van der Waals surface area contributed by atoms with Crippen molar-refractivity contribution in [2.75, 3.05) is 5.32 Å². The Labute approximate surface area is 119 Å². The third kappa shape index (κ3) is 2.45. The highest BCUT2D eigenvalue weighted by molar-refractivity contribution is 9.10. The SMILES string of the molecule is CCc1cn[nH]c1NC(=O)c1cc(Br)cn1C1CC1. The molecule has 1 aliphatic carbocycles. The summed E-state index contributed by atoms with van der Waals surface area (Å²) in [5.74, 6) is 0.587. The van der Waals surface area contributed by atoms with Gasteiger partial charge in [0.2, 0.25) is 0 Å². The van der Waals surface area contributed by atoms with Crippen molar-refractivity contribution in [3.8, 4) is 0 Å². The highest BCUT2D eigenvalue weighted by Crippen LogP contribution is 2.37. The van der Waals surface area contributed by atoms with Crippen molar-refractivity contribution in [1.82, 2.24) is 14.8 Å². The first-order chi connectivity index (χ1) is 9.19. The maximum Gasteiger partial charge on any atom is 0.273 e. The fourth-order valence-corrected chi connectivity index (χ4v) is 2.58. The molecule has 2 aromatic heterocycles. The molecule has 0 atom stereocenters. The minimum atomic E-state index is -0.100. The fourth-order valence-electron chi connectivity index (χ4n) is 2.15. The number of hydrogen-bond acceptors (Lipinski definition) is 2. The number of aromatic amines is 1. The van der Waals surface area contributed by atoms with Gasteiger partial charge < -0.3 is 9.88 Å². The minimum absolute atomic E-state index is 0.100. The van der Waals surface area contributed by atoms with Crippen LogP contribution in [0.5, 0.6) is 0 Å². The Morgan fingerprint density at radius 2 is 2.42 bits per heavy atom. The number of anilines is 1. The van der Waals surface area contributed by atoms with Crippen molar-refractivity contribution in [3.05, 3.63) is 34.2 Å². The van der Waals surface area contributed by atoms with Gasteiger partial charge in [-0.15, -0.1) is 0 Å². The largest absolute Gasteiger partial charge is 0.339 e. The van der Waals surface area contributed by atoms with E-state index in [4.69, 9.17) is 0 Å². The molecule has 0 saturated heterocycles. The molecule has 0 spiro atoms. The zero-order valence-electron chi connectivity index (χ0n) is 10.6. The molecule has 19 heavy (non-hydrogen) atoms. The van der Waals surface area contributed by atoms with Crippen LogP contribution in [0, 0.1) is 0 Å². The maximum atomic E-state index is 12.3. The van der Waals surface area contributed by atoms with Crippen LogP contribution in [0.25, 0.3) is 0 Å². The first-order valence-electron chi connectivity index (χ1n) is 6.40. The molecule has 0 bridgehead atoms. The lowest BCUT2D eigenvalue weighted by atomic mass is 10.2. The number of amides is 1. The molecule has 5 nitrogen and oxygen atoms in total. The summed E-state index contributed by atoms with van der Waals surface area (Å²) in [6.45, 7) is 2.03. The molecule has 2 aromatic rings. The Balaban J connectivity index is 1.84. The van der Waals surface area contributed by atoms with Crippen LogP contribution in [-0.2, 0) is 6.42 Å².